The lowest BCUT2D eigenvalue weighted by Crippen LogP contribution is -2.56. The summed E-state index contributed by atoms with van der Waals surface area (Å²) in [6.07, 6.45) is 2.97. The molecule has 0 aromatic heterocycles. The molecule has 1 saturated heterocycles. The molecule has 6 heteroatoms. The van der Waals surface area contributed by atoms with Gasteiger partial charge in [-0.3, -0.25) is 14.4 Å². The molecule has 1 N–H and O–H groups in total. The summed E-state index contributed by atoms with van der Waals surface area (Å²) in [7, 11) is 0. The third-order valence-corrected chi connectivity index (χ3v) is 5.91. The lowest BCUT2D eigenvalue weighted by Gasteiger charge is -2.41. The van der Waals surface area contributed by atoms with Crippen molar-refractivity contribution in [3.63, 3.8) is 0 Å². The highest BCUT2D eigenvalue weighted by Gasteiger charge is 2.38. The van der Waals surface area contributed by atoms with Crippen LogP contribution in [0.4, 0.5) is 0 Å². The van der Waals surface area contributed by atoms with Crippen LogP contribution in [0.25, 0.3) is 0 Å². The van der Waals surface area contributed by atoms with Crippen LogP contribution in [0.2, 0.25) is 0 Å². The molecule has 3 rings (SSSR count). The van der Waals surface area contributed by atoms with Gasteiger partial charge >= 0.3 is 0 Å². The Morgan fingerprint density at radius 1 is 1.17 bits per heavy atom. The zero-order valence-electron chi connectivity index (χ0n) is 17.8. The van der Waals surface area contributed by atoms with Crippen molar-refractivity contribution in [2.45, 2.75) is 59.0 Å². The van der Waals surface area contributed by atoms with Crippen LogP contribution in [-0.4, -0.2) is 53.2 Å². The predicted molar refractivity (Wildman–Crippen MR) is 112 cm³/mol. The average molecular weight is 400 g/mol. The molecule has 2 atom stereocenters. The number of rotatable bonds is 5. The molecule has 6 nitrogen and oxygen atoms in total. The lowest BCUT2D eigenvalue weighted by molar-refractivity contribution is -0.148. The first-order valence-electron chi connectivity index (χ1n) is 10.7. The zero-order valence-corrected chi connectivity index (χ0v) is 17.8. The largest absolute Gasteiger partial charge is 0.356 e. The number of likely N-dealkylation sites (tertiary alicyclic amines) is 1. The number of hydrogen-bond donors (Lipinski definition) is 1. The summed E-state index contributed by atoms with van der Waals surface area (Å²) in [5.41, 5.74) is 2.29. The highest BCUT2D eigenvalue weighted by molar-refractivity contribution is 5.88. The van der Waals surface area contributed by atoms with Crippen molar-refractivity contribution in [1.29, 1.82) is 0 Å². The van der Waals surface area contributed by atoms with Gasteiger partial charge in [0.05, 0.1) is 0 Å². The minimum atomic E-state index is -0.435. The van der Waals surface area contributed by atoms with E-state index in [2.05, 4.69) is 17.4 Å². The number of benzene rings is 1. The molecule has 0 saturated carbocycles. The Kier molecular flexibility index (Phi) is 6.93. The van der Waals surface area contributed by atoms with Crippen molar-refractivity contribution in [3.05, 3.63) is 35.4 Å². The van der Waals surface area contributed by atoms with Crippen LogP contribution in [0.3, 0.4) is 0 Å². The van der Waals surface area contributed by atoms with Gasteiger partial charge in [0.1, 0.15) is 6.04 Å². The maximum Gasteiger partial charge on any atom is 0.245 e. The van der Waals surface area contributed by atoms with E-state index in [1.54, 1.807) is 4.90 Å². The second kappa shape index (κ2) is 9.42. The van der Waals surface area contributed by atoms with Crippen molar-refractivity contribution < 1.29 is 14.4 Å². The van der Waals surface area contributed by atoms with Crippen LogP contribution in [-0.2, 0) is 27.3 Å². The summed E-state index contributed by atoms with van der Waals surface area (Å²) >= 11 is 0. The number of piperidine rings is 1. The summed E-state index contributed by atoms with van der Waals surface area (Å²) in [4.78, 5) is 41.4. The fourth-order valence-corrected chi connectivity index (χ4v) is 4.40. The molecule has 1 aromatic rings. The molecule has 2 aliphatic rings. The Bertz CT molecular complexity index is 761. The maximum absolute atomic E-state index is 13.5. The van der Waals surface area contributed by atoms with Gasteiger partial charge in [0.15, 0.2) is 0 Å². The van der Waals surface area contributed by atoms with Crippen LogP contribution in [0.1, 0.15) is 51.2 Å². The van der Waals surface area contributed by atoms with Gasteiger partial charge in [-0.05, 0) is 35.8 Å². The first-order chi connectivity index (χ1) is 13.8. The number of hydrogen-bond acceptors (Lipinski definition) is 3. The molecule has 2 aliphatic heterocycles. The quantitative estimate of drug-likeness (QED) is 0.826. The van der Waals surface area contributed by atoms with Gasteiger partial charge in [-0.2, -0.15) is 0 Å². The average Bonchev–Trinajstić information content (AvgIpc) is 2.70. The number of carbonyl (C=O) groups is 3. The van der Waals surface area contributed by atoms with E-state index in [4.69, 9.17) is 0 Å². The standard InChI is InChI=1S/C23H33N3O3/c1-16(2)11-22(28)26-15-20-9-5-4-8-19(20)12-21(26)23(29)25-10-6-7-18(14-25)13-24-17(3)27/h4-5,8-9,16,18,21H,6-7,10-15H2,1-3H3,(H,24,27). The SMILES string of the molecule is CC(=O)NCC1CCCN(C(=O)C2Cc3ccccc3CN2C(=O)CC(C)C)C1. The van der Waals surface area contributed by atoms with Crippen molar-refractivity contribution in [3.8, 4) is 0 Å². The first kappa shape index (κ1) is 21.3. The molecule has 158 valence electrons. The van der Waals surface area contributed by atoms with E-state index in [1.165, 1.54) is 6.92 Å². The molecular formula is C23H33N3O3. The lowest BCUT2D eigenvalue weighted by atomic mass is 9.91. The van der Waals surface area contributed by atoms with Gasteiger partial charge in [-0.1, -0.05) is 38.1 Å². The van der Waals surface area contributed by atoms with Crippen molar-refractivity contribution in [2.75, 3.05) is 19.6 Å². The van der Waals surface area contributed by atoms with E-state index in [0.29, 0.717) is 32.5 Å². The Morgan fingerprint density at radius 3 is 2.59 bits per heavy atom. The minimum Gasteiger partial charge on any atom is -0.356 e. The second-order valence-corrected chi connectivity index (χ2v) is 8.84. The molecule has 2 unspecified atom stereocenters. The van der Waals surface area contributed by atoms with Crippen LogP contribution in [0.15, 0.2) is 24.3 Å². The van der Waals surface area contributed by atoms with Gasteiger partial charge in [-0.25, -0.2) is 0 Å². The van der Waals surface area contributed by atoms with Crippen LogP contribution < -0.4 is 5.32 Å². The fraction of sp³-hybridized carbons (Fsp3) is 0.609. The van der Waals surface area contributed by atoms with Crippen LogP contribution in [0, 0.1) is 11.8 Å². The number of nitrogens with one attached hydrogen (secondary N) is 1. The number of carbonyl (C=O) groups excluding carboxylic acids is 3. The number of amides is 3. The van der Waals surface area contributed by atoms with Crippen molar-refractivity contribution in [2.24, 2.45) is 11.8 Å². The molecule has 0 radical (unpaired) electrons. The maximum atomic E-state index is 13.5. The zero-order chi connectivity index (χ0) is 21.0. The highest BCUT2D eigenvalue weighted by Crippen LogP contribution is 2.27. The summed E-state index contributed by atoms with van der Waals surface area (Å²) in [5.74, 6) is 0.589. The van der Waals surface area contributed by atoms with Crippen LogP contribution in [0.5, 0.6) is 0 Å². The van der Waals surface area contributed by atoms with E-state index in [1.807, 2.05) is 30.9 Å². The van der Waals surface area contributed by atoms with E-state index >= 15 is 0 Å². The molecule has 2 heterocycles. The topological polar surface area (TPSA) is 69.7 Å². The minimum absolute atomic E-state index is 0.0391. The summed E-state index contributed by atoms with van der Waals surface area (Å²) in [6, 6.07) is 7.67. The van der Waals surface area contributed by atoms with Gasteiger partial charge in [0, 0.05) is 45.9 Å². The van der Waals surface area contributed by atoms with Gasteiger partial charge in [-0.15, -0.1) is 0 Å². The van der Waals surface area contributed by atoms with Crippen molar-refractivity contribution >= 4 is 17.7 Å². The van der Waals surface area contributed by atoms with Gasteiger partial charge in [0.2, 0.25) is 17.7 Å². The Morgan fingerprint density at radius 2 is 1.90 bits per heavy atom. The molecule has 3 amide bonds. The van der Waals surface area contributed by atoms with Gasteiger partial charge < -0.3 is 15.1 Å². The molecule has 0 aliphatic carbocycles. The van der Waals surface area contributed by atoms with Crippen molar-refractivity contribution in [1.82, 2.24) is 15.1 Å². The normalized spacial score (nSPS) is 21.7. The number of fused-ring (bicyclic) bond motifs is 1. The molecular weight excluding hydrogens is 366 g/mol. The number of nitrogens with zero attached hydrogens (tertiary/aromatic N) is 2. The molecule has 0 spiro atoms. The van der Waals surface area contributed by atoms with E-state index in [9.17, 15) is 14.4 Å². The van der Waals surface area contributed by atoms with Crippen LogP contribution >= 0.6 is 0 Å². The Hall–Kier alpha value is -2.37. The van der Waals surface area contributed by atoms with Gasteiger partial charge in [0.25, 0.3) is 0 Å². The highest BCUT2D eigenvalue weighted by atomic mass is 16.2. The molecule has 0 bridgehead atoms. The summed E-state index contributed by atoms with van der Waals surface area (Å²) < 4.78 is 0. The predicted octanol–water partition coefficient (Wildman–Crippen LogP) is 2.36. The third kappa shape index (κ3) is 5.37. The monoisotopic (exact) mass is 399 g/mol. The third-order valence-electron chi connectivity index (χ3n) is 5.91. The Balaban J connectivity index is 1.76. The smallest absolute Gasteiger partial charge is 0.245 e. The second-order valence-electron chi connectivity index (χ2n) is 8.84. The summed E-state index contributed by atoms with van der Waals surface area (Å²) in [5, 5.41) is 2.87. The molecule has 1 aromatic carbocycles. The van der Waals surface area contributed by atoms with E-state index < -0.39 is 6.04 Å². The Labute approximate surface area is 173 Å². The fourth-order valence-electron chi connectivity index (χ4n) is 4.40. The summed E-state index contributed by atoms with van der Waals surface area (Å²) in [6.45, 7) is 8.05. The van der Waals surface area contributed by atoms with E-state index in [-0.39, 0.29) is 29.6 Å². The van der Waals surface area contributed by atoms with E-state index in [0.717, 1.165) is 30.5 Å². The molecule has 29 heavy (non-hydrogen) atoms. The molecule has 1 fully saturated rings. The first-order valence-corrected chi connectivity index (χ1v) is 10.7.